The molecular formula is C21H25FN2O2S. The summed E-state index contributed by atoms with van der Waals surface area (Å²) in [5, 5.41) is 0. The molecule has 2 saturated heterocycles. The number of piperidine rings is 1. The molecule has 2 aromatic rings. The van der Waals surface area contributed by atoms with Crippen LogP contribution in [-0.4, -0.2) is 42.8 Å². The van der Waals surface area contributed by atoms with Crippen LogP contribution in [0.15, 0.2) is 59.5 Å². The molecule has 0 radical (unpaired) electrons. The van der Waals surface area contributed by atoms with Gasteiger partial charge in [-0.3, -0.25) is 4.90 Å². The Kier molecular flexibility index (Phi) is 5.05. The fourth-order valence-corrected chi connectivity index (χ4v) is 6.16. The number of hydrogen-bond donors (Lipinski definition) is 0. The van der Waals surface area contributed by atoms with Gasteiger partial charge in [-0.25, -0.2) is 12.8 Å². The number of likely N-dealkylation sites (tertiary alicyclic amines) is 1. The summed E-state index contributed by atoms with van der Waals surface area (Å²) in [6.07, 6.45) is 3.88. The molecule has 27 heavy (non-hydrogen) atoms. The van der Waals surface area contributed by atoms with Crippen LogP contribution in [0.1, 0.15) is 31.2 Å². The van der Waals surface area contributed by atoms with Crippen LogP contribution in [0.2, 0.25) is 0 Å². The molecule has 6 heteroatoms. The van der Waals surface area contributed by atoms with Crippen LogP contribution in [0, 0.1) is 5.82 Å². The van der Waals surface area contributed by atoms with Crippen molar-refractivity contribution < 1.29 is 12.8 Å². The maximum atomic E-state index is 13.6. The van der Waals surface area contributed by atoms with Crippen LogP contribution in [-0.2, 0) is 16.6 Å². The first-order valence-corrected chi connectivity index (χ1v) is 11.0. The standard InChI is InChI=1S/C21H25FN2O2S/c22-19-8-4-7-18(15-19)16-23-13-5-11-21(23)12-6-14-24(17-21)27(25,26)20-9-2-1-3-10-20/h1-4,7-10,15H,5-6,11-14,16-17H2. The van der Waals surface area contributed by atoms with E-state index in [1.807, 2.05) is 12.1 Å². The molecule has 0 N–H and O–H groups in total. The van der Waals surface area contributed by atoms with Gasteiger partial charge in [0.15, 0.2) is 0 Å². The Hall–Kier alpha value is -1.76. The van der Waals surface area contributed by atoms with Crippen molar-refractivity contribution in [3.05, 3.63) is 66.0 Å². The third-order valence-electron chi connectivity index (χ3n) is 5.90. The minimum atomic E-state index is -3.48. The fourth-order valence-electron chi connectivity index (χ4n) is 4.58. The SMILES string of the molecule is O=S(=O)(c1ccccc1)N1CCCC2(CCCN2Cc2cccc(F)c2)C1. The Morgan fingerprint density at radius 3 is 2.44 bits per heavy atom. The highest BCUT2D eigenvalue weighted by Crippen LogP contribution is 2.39. The van der Waals surface area contributed by atoms with E-state index in [1.165, 1.54) is 6.07 Å². The van der Waals surface area contributed by atoms with E-state index in [0.717, 1.165) is 37.8 Å². The van der Waals surface area contributed by atoms with E-state index in [4.69, 9.17) is 0 Å². The lowest BCUT2D eigenvalue weighted by molar-refractivity contribution is 0.0678. The van der Waals surface area contributed by atoms with Gasteiger partial charge < -0.3 is 0 Å². The molecule has 144 valence electrons. The van der Waals surface area contributed by atoms with Crippen molar-refractivity contribution >= 4 is 10.0 Å². The zero-order valence-corrected chi connectivity index (χ0v) is 16.2. The van der Waals surface area contributed by atoms with E-state index < -0.39 is 10.0 Å². The topological polar surface area (TPSA) is 40.6 Å². The van der Waals surface area contributed by atoms with Gasteiger partial charge in [0.1, 0.15) is 5.82 Å². The summed E-state index contributed by atoms with van der Waals surface area (Å²) in [7, 11) is -3.48. The van der Waals surface area contributed by atoms with Gasteiger partial charge >= 0.3 is 0 Å². The lowest BCUT2D eigenvalue weighted by Crippen LogP contribution is -2.56. The van der Waals surface area contributed by atoms with E-state index in [0.29, 0.717) is 24.5 Å². The summed E-state index contributed by atoms with van der Waals surface area (Å²) in [5.74, 6) is -0.224. The second kappa shape index (κ2) is 7.34. The average molecular weight is 389 g/mol. The summed E-state index contributed by atoms with van der Waals surface area (Å²) >= 11 is 0. The van der Waals surface area contributed by atoms with Crippen LogP contribution in [0.25, 0.3) is 0 Å². The Morgan fingerprint density at radius 1 is 0.963 bits per heavy atom. The van der Waals surface area contributed by atoms with Crippen molar-refractivity contribution in [3.8, 4) is 0 Å². The number of nitrogens with zero attached hydrogens (tertiary/aromatic N) is 2. The van der Waals surface area contributed by atoms with Gasteiger partial charge in [-0.05, 0) is 62.1 Å². The van der Waals surface area contributed by atoms with Crippen molar-refractivity contribution in [2.75, 3.05) is 19.6 Å². The average Bonchev–Trinajstić information content (AvgIpc) is 3.04. The molecule has 0 aliphatic carbocycles. The molecule has 2 aliphatic rings. The van der Waals surface area contributed by atoms with Crippen LogP contribution >= 0.6 is 0 Å². The fraction of sp³-hybridized carbons (Fsp3) is 0.429. The molecule has 2 aromatic carbocycles. The Balaban J connectivity index is 1.57. The van der Waals surface area contributed by atoms with E-state index >= 15 is 0 Å². The Labute approximate surface area is 160 Å². The molecule has 0 bridgehead atoms. The monoisotopic (exact) mass is 388 g/mol. The second-order valence-corrected chi connectivity index (χ2v) is 9.57. The quantitative estimate of drug-likeness (QED) is 0.803. The highest BCUT2D eigenvalue weighted by atomic mass is 32.2. The predicted octanol–water partition coefficient (Wildman–Crippen LogP) is 3.65. The van der Waals surface area contributed by atoms with Crippen molar-refractivity contribution in [3.63, 3.8) is 0 Å². The number of hydrogen-bond acceptors (Lipinski definition) is 3. The van der Waals surface area contributed by atoms with Crippen molar-refractivity contribution in [2.24, 2.45) is 0 Å². The second-order valence-electron chi connectivity index (χ2n) is 7.63. The first-order chi connectivity index (χ1) is 13.0. The minimum absolute atomic E-state index is 0.146. The molecule has 4 rings (SSSR count). The van der Waals surface area contributed by atoms with Gasteiger partial charge in [-0.15, -0.1) is 0 Å². The summed E-state index contributed by atoms with van der Waals surface area (Å²) in [6.45, 7) is 2.67. The number of benzene rings is 2. The normalized spacial score (nSPS) is 24.5. The summed E-state index contributed by atoms with van der Waals surface area (Å²) in [6, 6.07) is 15.4. The van der Waals surface area contributed by atoms with Crippen LogP contribution in [0.4, 0.5) is 4.39 Å². The maximum Gasteiger partial charge on any atom is 0.243 e. The van der Waals surface area contributed by atoms with Gasteiger partial charge in [0, 0.05) is 25.2 Å². The molecule has 1 unspecified atom stereocenters. The molecule has 2 heterocycles. The van der Waals surface area contributed by atoms with Crippen LogP contribution < -0.4 is 0 Å². The third kappa shape index (κ3) is 3.66. The van der Waals surface area contributed by atoms with Crippen molar-refractivity contribution in [1.29, 1.82) is 0 Å². The van der Waals surface area contributed by atoms with E-state index in [2.05, 4.69) is 4.90 Å². The Morgan fingerprint density at radius 2 is 1.70 bits per heavy atom. The molecule has 4 nitrogen and oxygen atoms in total. The van der Waals surface area contributed by atoms with Crippen molar-refractivity contribution in [2.45, 2.75) is 42.7 Å². The van der Waals surface area contributed by atoms with Crippen molar-refractivity contribution in [1.82, 2.24) is 9.21 Å². The molecule has 2 fully saturated rings. The highest BCUT2D eigenvalue weighted by molar-refractivity contribution is 7.89. The summed E-state index contributed by atoms with van der Waals surface area (Å²) in [5.41, 5.74) is 0.797. The van der Waals surface area contributed by atoms with E-state index in [9.17, 15) is 12.8 Å². The number of rotatable bonds is 4. The number of sulfonamides is 1. The van der Waals surface area contributed by atoms with E-state index in [1.54, 1.807) is 40.7 Å². The lowest BCUT2D eigenvalue weighted by Gasteiger charge is -2.45. The lowest BCUT2D eigenvalue weighted by atomic mass is 9.87. The molecule has 0 saturated carbocycles. The largest absolute Gasteiger partial charge is 0.292 e. The molecule has 1 atom stereocenters. The van der Waals surface area contributed by atoms with Gasteiger partial charge in [-0.1, -0.05) is 30.3 Å². The van der Waals surface area contributed by atoms with Gasteiger partial charge in [0.05, 0.1) is 4.90 Å². The first-order valence-electron chi connectivity index (χ1n) is 9.54. The predicted molar refractivity (Wildman–Crippen MR) is 103 cm³/mol. The third-order valence-corrected chi connectivity index (χ3v) is 7.76. The molecule has 0 amide bonds. The van der Waals surface area contributed by atoms with Gasteiger partial charge in [0.25, 0.3) is 0 Å². The van der Waals surface area contributed by atoms with Crippen LogP contribution in [0.5, 0.6) is 0 Å². The molecule has 0 aromatic heterocycles. The zero-order valence-electron chi connectivity index (χ0n) is 15.4. The number of halogens is 1. The van der Waals surface area contributed by atoms with Gasteiger partial charge in [-0.2, -0.15) is 4.31 Å². The van der Waals surface area contributed by atoms with Gasteiger partial charge in [0.2, 0.25) is 10.0 Å². The van der Waals surface area contributed by atoms with Crippen LogP contribution in [0.3, 0.4) is 0 Å². The maximum absolute atomic E-state index is 13.6. The van der Waals surface area contributed by atoms with E-state index in [-0.39, 0.29) is 11.4 Å². The molecule has 1 spiro atoms. The summed E-state index contributed by atoms with van der Waals surface area (Å²) < 4.78 is 41.4. The smallest absolute Gasteiger partial charge is 0.243 e. The molecular weight excluding hydrogens is 363 g/mol. The highest BCUT2D eigenvalue weighted by Gasteiger charge is 2.46. The summed E-state index contributed by atoms with van der Waals surface area (Å²) in [4.78, 5) is 2.73. The first kappa shape index (κ1) is 18.6. The Bertz CT molecular complexity index is 903. The zero-order chi connectivity index (χ0) is 18.9. The molecule has 2 aliphatic heterocycles. The minimum Gasteiger partial charge on any atom is -0.292 e.